The highest BCUT2D eigenvalue weighted by atomic mass is 35.5. The van der Waals surface area contributed by atoms with Crippen molar-refractivity contribution in [1.29, 1.82) is 0 Å². The first-order chi connectivity index (χ1) is 4.69. The quantitative estimate of drug-likeness (QED) is 0.425. The number of rotatable bonds is 1. The van der Waals surface area contributed by atoms with Crippen LogP contribution in [0.3, 0.4) is 0 Å². The van der Waals surface area contributed by atoms with Gasteiger partial charge in [-0.2, -0.15) is 0 Å². The monoisotopic (exact) mass is 162 g/mol. The average Bonchev–Trinajstić information content (AvgIpc) is 1.96. The van der Waals surface area contributed by atoms with Crippen molar-refractivity contribution < 1.29 is 9.13 Å². The summed E-state index contributed by atoms with van der Waals surface area (Å²) in [5.74, 6) is -0.431. The van der Waals surface area contributed by atoms with Gasteiger partial charge in [0.2, 0.25) is 5.06 Å². The summed E-state index contributed by atoms with van der Waals surface area (Å²) in [7, 11) is 1.37. The molecule has 0 saturated heterocycles. The molecule has 0 radical (unpaired) electrons. The molecule has 1 unspecified atom stereocenters. The van der Waals surface area contributed by atoms with Gasteiger partial charge in [0, 0.05) is 7.11 Å². The minimum absolute atomic E-state index is 0.431. The van der Waals surface area contributed by atoms with Crippen molar-refractivity contribution in [3.05, 3.63) is 24.1 Å². The maximum atomic E-state index is 12.8. The van der Waals surface area contributed by atoms with Crippen LogP contribution in [0.5, 0.6) is 0 Å². The van der Waals surface area contributed by atoms with Crippen molar-refractivity contribution in [3.63, 3.8) is 0 Å². The highest BCUT2D eigenvalue weighted by Crippen LogP contribution is 2.31. The first-order valence-electron chi connectivity index (χ1n) is 2.97. The molecule has 0 aromatic heterocycles. The lowest BCUT2D eigenvalue weighted by atomic mass is 10.1. The van der Waals surface area contributed by atoms with Crippen molar-refractivity contribution in [3.8, 4) is 0 Å². The third kappa shape index (κ3) is 1.22. The molecule has 0 bridgehead atoms. The molecule has 10 heavy (non-hydrogen) atoms. The Hall–Kier alpha value is -0.340. The number of hydrogen-bond acceptors (Lipinski definition) is 1. The fourth-order valence-corrected chi connectivity index (χ4v) is 0.942. The number of methoxy groups -OCH3 is 1. The maximum Gasteiger partial charge on any atom is 0.211 e. The molecule has 0 N–H and O–H groups in total. The number of halogens is 2. The Morgan fingerprint density at radius 2 is 2.50 bits per heavy atom. The summed E-state index contributed by atoms with van der Waals surface area (Å²) in [6.45, 7) is 0. The molecule has 0 heterocycles. The predicted molar refractivity (Wildman–Crippen MR) is 38.5 cm³/mol. The van der Waals surface area contributed by atoms with Crippen LogP contribution in [0.25, 0.3) is 0 Å². The average molecular weight is 163 g/mol. The SMILES string of the molecule is COC1(Cl)C=CCC=C1F. The lowest BCUT2D eigenvalue weighted by Crippen LogP contribution is -2.23. The van der Waals surface area contributed by atoms with Gasteiger partial charge in [0.25, 0.3) is 0 Å². The van der Waals surface area contributed by atoms with Crippen molar-refractivity contribution in [2.45, 2.75) is 11.5 Å². The van der Waals surface area contributed by atoms with Crippen LogP contribution in [0.1, 0.15) is 6.42 Å². The van der Waals surface area contributed by atoms with E-state index in [1.54, 1.807) is 6.08 Å². The number of hydrogen-bond donors (Lipinski definition) is 0. The molecule has 1 atom stereocenters. The van der Waals surface area contributed by atoms with Gasteiger partial charge in [0.1, 0.15) is 5.83 Å². The van der Waals surface area contributed by atoms with E-state index in [0.29, 0.717) is 6.42 Å². The van der Waals surface area contributed by atoms with E-state index in [1.807, 2.05) is 0 Å². The van der Waals surface area contributed by atoms with Crippen LogP contribution in [-0.2, 0) is 4.74 Å². The van der Waals surface area contributed by atoms with Crippen LogP contribution in [-0.4, -0.2) is 12.2 Å². The van der Waals surface area contributed by atoms with E-state index in [4.69, 9.17) is 16.3 Å². The molecule has 0 saturated carbocycles. The summed E-state index contributed by atoms with van der Waals surface area (Å²) >= 11 is 5.66. The molecule has 1 aliphatic carbocycles. The zero-order chi connectivity index (χ0) is 7.61. The third-order valence-corrected chi connectivity index (χ3v) is 1.85. The molecule has 3 heteroatoms. The zero-order valence-electron chi connectivity index (χ0n) is 5.60. The summed E-state index contributed by atoms with van der Waals surface area (Å²) in [6, 6.07) is 0. The Labute approximate surface area is 64.1 Å². The summed E-state index contributed by atoms with van der Waals surface area (Å²) in [5.41, 5.74) is 0. The molecule has 0 spiro atoms. The third-order valence-electron chi connectivity index (χ3n) is 1.39. The van der Waals surface area contributed by atoms with Gasteiger partial charge >= 0.3 is 0 Å². The first kappa shape index (κ1) is 7.76. The molecule has 0 aliphatic heterocycles. The molecule has 0 amide bonds. The largest absolute Gasteiger partial charge is 0.353 e. The van der Waals surface area contributed by atoms with E-state index >= 15 is 0 Å². The van der Waals surface area contributed by atoms with Crippen LogP contribution in [0.4, 0.5) is 4.39 Å². The highest BCUT2D eigenvalue weighted by molar-refractivity contribution is 6.26. The van der Waals surface area contributed by atoms with Crippen LogP contribution in [0, 0.1) is 0 Å². The first-order valence-corrected chi connectivity index (χ1v) is 3.35. The number of alkyl halides is 1. The van der Waals surface area contributed by atoms with Crippen LogP contribution in [0.2, 0.25) is 0 Å². The summed E-state index contributed by atoms with van der Waals surface area (Å²) < 4.78 is 17.5. The lowest BCUT2D eigenvalue weighted by molar-refractivity contribution is 0.112. The van der Waals surface area contributed by atoms with Gasteiger partial charge in [-0.25, -0.2) is 4.39 Å². The van der Waals surface area contributed by atoms with Crippen LogP contribution in [0.15, 0.2) is 24.1 Å². The van der Waals surface area contributed by atoms with E-state index in [-0.39, 0.29) is 0 Å². The van der Waals surface area contributed by atoms with Gasteiger partial charge in [-0.3, -0.25) is 0 Å². The Morgan fingerprint density at radius 1 is 1.80 bits per heavy atom. The van der Waals surface area contributed by atoms with Crippen molar-refractivity contribution in [2.24, 2.45) is 0 Å². The van der Waals surface area contributed by atoms with E-state index in [2.05, 4.69) is 0 Å². The molecule has 0 fully saturated rings. The lowest BCUT2D eigenvalue weighted by Gasteiger charge is -2.21. The molecule has 1 aliphatic rings. The minimum atomic E-state index is -1.34. The standard InChI is InChI=1S/C7H8ClFO/c1-10-7(8)5-3-2-4-6(7)9/h3-5H,2H2,1H3. The van der Waals surface area contributed by atoms with Gasteiger partial charge in [-0.1, -0.05) is 17.7 Å². The fourth-order valence-electron chi connectivity index (χ4n) is 0.775. The topological polar surface area (TPSA) is 9.23 Å². The highest BCUT2D eigenvalue weighted by Gasteiger charge is 2.30. The zero-order valence-corrected chi connectivity index (χ0v) is 6.36. The predicted octanol–water partition coefficient (Wildman–Crippen LogP) is 2.38. The van der Waals surface area contributed by atoms with Crippen molar-refractivity contribution >= 4 is 11.6 Å². The van der Waals surface area contributed by atoms with Gasteiger partial charge in [0.15, 0.2) is 0 Å². The minimum Gasteiger partial charge on any atom is -0.353 e. The van der Waals surface area contributed by atoms with E-state index in [1.165, 1.54) is 19.3 Å². The van der Waals surface area contributed by atoms with E-state index < -0.39 is 10.9 Å². The fraction of sp³-hybridized carbons (Fsp3) is 0.429. The van der Waals surface area contributed by atoms with Gasteiger partial charge in [-0.15, -0.1) is 0 Å². The Bertz CT molecular complexity index is 188. The second kappa shape index (κ2) is 2.72. The molecular weight excluding hydrogens is 155 g/mol. The van der Waals surface area contributed by atoms with E-state index in [9.17, 15) is 4.39 Å². The second-order valence-electron chi connectivity index (χ2n) is 2.04. The Balaban J connectivity index is 2.83. The second-order valence-corrected chi connectivity index (χ2v) is 2.60. The van der Waals surface area contributed by atoms with Gasteiger partial charge < -0.3 is 4.74 Å². The molecule has 56 valence electrons. The summed E-state index contributed by atoms with van der Waals surface area (Å²) in [6.07, 6.45) is 5.25. The molecule has 0 aromatic rings. The Kier molecular flexibility index (Phi) is 2.11. The Morgan fingerprint density at radius 3 is 2.90 bits per heavy atom. The molecule has 1 rings (SSSR count). The molecule has 0 aromatic carbocycles. The number of allylic oxidation sites excluding steroid dienone is 2. The molecular formula is C7H8ClFO. The summed E-state index contributed by atoms with van der Waals surface area (Å²) in [4.78, 5) is 0. The van der Waals surface area contributed by atoms with E-state index in [0.717, 1.165) is 0 Å². The number of ether oxygens (including phenoxy) is 1. The normalized spacial score (nSPS) is 32.1. The van der Waals surface area contributed by atoms with Crippen LogP contribution >= 0.6 is 11.6 Å². The van der Waals surface area contributed by atoms with Gasteiger partial charge in [-0.05, 0) is 18.6 Å². The summed E-state index contributed by atoms with van der Waals surface area (Å²) in [5, 5.41) is -1.34. The van der Waals surface area contributed by atoms with Crippen molar-refractivity contribution in [1.82, 2.24) is 0 Å². The molecule has 1 nitrogen and oxygen atoms in total. The maximum absolute atomic E-state index is 12.8. The van der Waals surface area contributed by atoms with Crippen molar-refractivity contribution in [2.75, 3.05) is 7.11 Å². The van der Waals surface area contributed by atoms with Crippen LogP contribution < -0.4 is 0 Å². The smallest absolute Gasteiger partial charge is 0.211 e. The van der Waals surface area contributed by atoms with Gasteiger partial charge in [0.05, 0.1) is 0 Å².